The Bertz CT molecular complexity index is 130. The summed E-state index contributed by atoms with van der Waals surface area (Å²) >= 11 is 0. The second-order valence-electron chi connectivity index (χ2n) is 4.39. The third-order valence-electron chi connectivity index (χ3n) is 3.59. The lowest BCUT2D eigenvalue weighted by molar-refractivity contribution is 0.151. The van der Waals surface area contributed by atoms with Crippen molar-refractivity contribution in [3.8, 4) is 0 Å². The topological polar surface area (TPSA) is 21.3 Å². The van der Waals surface area contributed by atoms with Gasteiger partial charge in [0.1, 0.15) is 0 Å². The molecule has 0 aromatic rings. The molecular weight excluding hydrogens is 174 g/mol. The molecule has 2 heteroatoms. The summed E-state index contributed by atoms with van der Waals surface area (Å²) < 4.78 is 5.02. The molecule has 0 fully saturated rings. The van der Waals surface area contributed by atoms with Gasteiger partial charge in [-0.1, -0.05) is 27.7 Å². The van der Waals surface area contributed by atoms with Crippen molar-refractivity contribution < 1.29 is 4.74 Å². The molecule has 14 heavy (non-hydrogen) atoms. The minimum Gasteiger partial charge on any atom is -0.383 e. The van der Waals surface area contributed by atoms with E-state index in [1.807, 2.05) is 0 Å². The van der Waals surface area contributed by atoms with Crippen LogP contribution in [0.3, 0.4) is 0 Å². The van der Waals surface area contributed by atoms with Crippen LogP contribution >= 0.6 is 0 Å². The molecule has 0 atom stereocenters. The molecule has 1 N–H and O–H groups in total. The minimum absolute atomic E-state index is 0.466. The van der Waals surface area contributed by atoms with Crippen molar-refractivity contribution in [2.24, 2.45) is 11.3 Å². The highest BCUT2D eigenvalue weighted by Crippen LogP contribution is 2.34. The standard InChI is InChI=1S/C12H27NO/c1-6-12(7-2,11(3)4)10-13-8-9-14-5/h11,13H,6-10H2,1-5H3. The van der Waals surface area contributed by atoms with Gasteiger partial charge in [-0.25, -0.2) is 0 Å². The summed E-state index contributed by atoms with van der Waals surface area (Å²) in [6.07, 6.45) is 2.50. The van der Waals surface area contributed by atoms with Crippen LogP contribution in [0.25, 0.3) is 0 Å². The molecule has 0 saturated carbocycles. The van der Waals surface area contributed by atoms with Crippen LogP contribution in [0.2, 0.25) is 0 Å². The molecule has 0 amide bonds. The van der Waals surface area contributed by atoms with Crippen molar-refractivity contribution in [2.45, 2.75) is 40.5 Å². The predicted molar refractivity (Wildman–Crippen MR) is 62.6 cm³/mol. The van der Waals surface area contributed by atoms with E-state index in [0.29, 0.717) is 5.41 Å². The van der Waals surface area contributed by atoms with E-state index in [0.717, 1.165) is 25.6 Å². The lowest BCUT2D eigenvalue weighted by Crippen LogP contribution is -2.38. The van der Waals surface area contributed by atoms with Gasteiger partial charge in [0.05, 0.1) is 6.61 Å². The number of ether oxygens (including phenoxy) is 1. The van der Waals surface area contributed by atoms with Crippen molar-refractivity contribution in [1.82, 2.24) is 5.32 Å². The van der Waals surface area contributed by atoms with Gasteiger partial charge in [0.15, 0.2) is 0 Å². The van der Waals surface area contributed by atoms with Crippen LogP contribution in [0.5, 0.6) is 0 Å². The largest absolute Gasteiger partial charge is 0.383 e. The van der Waals surface area contributed by atoms with Gasteiger partial charge in [-0.15, -0.1) is 0 Å². The maximum absolute atomic E-state index is 5.02. The molecule has 0 aromatic heterocycles. The molecule has 0 bridgehead atoms. The summed E-state index contributed by atoms with van der Waals surface area (Å²) in [5, 5.41) is 3.49. The highest BCUT2D eigenvalue weighted by molar-refractivity contribution is 4.82. The van der Waals surface area contributed by atoms with Crippen molar-refractivity contribution in [2.75, 3.05) is 26.8 Å². The van der Waals surface area contributed by atoms with Crippen LogP contribution in [-0.4, -0.2) is 26.8 Å². The van der Waals surface area contributed by atoms with Crippen LogP contribution in [0.1, 0.15) is 40.5 Å². The quantitative estimate of drug-likeness (QED) is 0.610. The van der Waals surface area contributed by atoms with Crippen molar-refractivity contribution in [3.63, 3.8) is 0 Å². The zero-order valence-corrected chi connectivity index (χ0v) is 10.5. The fourth-order valence-corrected chi connectivity index (χ4v) is 2.03. The van der Waals surface area contributed by atoms with Gasteiger partial charge in [0.2, 0.25) is 0 Å². The molecule has 0 rings (SSSR count). The van der Waals surface area contributed by atoms with Crippen LogP contribution in [0, 0.1) is 11.3 Å². The van der Waals surface area contributed by atoms with Gasteiger partial charge < -0.3 is 10.1 Å². The van der Waals surface area contributed by atoms with Crippen LogP contribution in [0.15, 0.2) is 0 Å². The average molecular weight is 201 g/mol. The first-order valence-electron chi connectivity index (χ1n) is 5.82. The molecule has 0 aliphatic rings. The molecule has 2 nitrogen and oxygen atoms in total. The molecule has 0 saturated heterocycles. The first-order valence-corrected chi connectivity index (χ1v) is 5.82. The van der Waals surface area contributed by atoms with Gasteiger partial charge in [-0.05, 0) is 24.2 Å². The van der Waals surface area contributed by atoms with E-state index < -0.39 is 0 Å². The Balaban J connectivity index is 3.95. The fourth-order valence-electron chi connectivity index (χ4n) is 2.03. The smallest absolute Gasteiger partial charge is 0.0587 e. The maximum Gasteiger partial charge on any atom is 0.0587 e. The summed E-state index contributed by atoms with van der Waals surface area (Å²) in [5.74, 6) is 0.743. The average Bonchev–Trinajstić information content (AvgIpc) is 2.18. The number of nitrogens with one attached hydrogen (secondary N) is 1. The molecule has 86 valence electrons. The predicted octanol–water partition coefficient (Wildman–Crippen LogP) is 2.68. The first kappa shape index (κ1) is 13.9. The summed E-state index contributed by atoms with van der Waals surface area (Å²) in [5.41, 5.74) is 0.466. The summed E-state index contributed by atoms with van der Waals surface area (Å²) in [7, 11) is 1.75. The highest BCUT2D eigenvalue weighted by atomic mass is 16.5. The zero-order chi connectivity index (χ0) is 11.0. The second-order valence-corrected chi connectivity index (χ2v) is 4.39. The Labute approximate surface area is 89.4 Å². The molecule has 0 aliphatic carbocycles. The third-order valence-corrected chi connectivity index (χ3v) is 3.59. The Hall–Kier alpha value is -0.0800. The summed E-state index contributed by atoms with van der Waals surface area (Å²) in [6.45, 7) is 12.1. The van der Waals surface area contributed by atoms with E-state index in [9.17, 15) is 0 Å². The Morgan fingerprint density at radius 1 is 1.21 bits per heavy atom. The second kappa shape index (κ2) is 7.24. The van der Waals surface area contributed by atoms with Crippen LogP contribution < -0.4 is 5.32 Å². The van der Waals surface area contributed by atoms with Gasteiger partial charge in [-0.2, -0.15) is 0 Å². The monoisotopic (exact) mass is 201 g/mol. The van der Waals surface area contributed by atoms with Crippen molar-refractivity contribution in [3.05, 3.63) is 0 Å². The molecule has 0 unspecified atom stereocenters. The molecule has 0 heterocycles. The van der Waals surface area contributed by atoms with E-state index in [1.165, 1.54) is 12.8 Å². The third kappa shape index (κ3) is 3.97. The Morgan fingerprint density at radius 2 is 1.79 bits per heavy atom. The fraction of sp³-hybridized carbons (Fsp3) is 1.00. The van der Waals surface area contributed by atoms with E-state index in [4.69, 9.17) is 4.74 Å². The van der Waals surface area contributed by atoms with E-state index in [-0.39, 0.29) is 0 Å². The van der Waals surface area contributed by atoms with E-state index in [1.54, 1.807) is 7.11 Å². The molecule has 0 spiro atoms. The zero-order valence-electron chi connectivity index (χ0n) is 10.5. The number of methoxy groups -OCH3 is 1. The molecular formula is C12H27NO. The lowest BCUT2D eigenvalue weighted by Gasteiger charge is -2.36. The molecule has 0 aliphatic heterocycles. The molecule has 0 aromatic carbocycles. The Morgan fingerprint density at radius 3 is 2.14 bits per heavy atom. The number of hydrogen-bond donors (Lipinski definition) is 1. The lowest BCUT2D eigenvalue weighted by atomic mass is 9.73. The van der Waals surface area contributed by atoms with E-state index in [2.05, 4.69) is 33.0 Å². The maximum atomic E-state index is 5.02. The van der Waals surface area contributed by atoms with Gasteiger partial charge in [0, 0.05) is 20.2 Å². The van der Waals surface area contributed by atoms with Gasteiger partial charge in [0.25, 0.3) is 0 Å². The minimum atomic E-state index is 0.466. The van der Waals surface area contributed by atoms with E-state index >= 15 is 0 Å². The molecule has 0 radical (unpaired) electrons. The Kier molecular flexibility index (Phi) is 7.20. The highest BCUT2D eigenvalue weighted by Gasteiger charge is 2.29. The number of hydrogen-bond acceptors (Lipinski definition) is 2. The summed E-state index contributed by atoms with van der Waals surface area (Å²) in [4.78, 5) is 0. The van der Waals surface area contributed by atoms with Crippen LogP contribution in [0.4, 0.5) is 0 Å². The van der Waals surface area contributed by atoms with Crippen molar-refractivity contribution in [1.29, 1.82) is 0 Å². The SMILES string of the molecule is CCC(CC)(CNCCOC)C(C)C. The van der Waals surface area contributed by atoms with Crippen LogP contribution in [-0.2, 0) is 4.74 Å². The van der Waals surface area contributed by atoms with Crippen molar-refractivity contribution >= 4 is 0 Å². The normalized spacial score (nSPS) is 12.4. The van der Waals surface area contributed by atoms with Gasteiger partial charge >= 0.3 is 0 Å². The number of rotatable bonds is 8. The van der Waals surface area contributed by atoms with Gasteiger partial charge in [-0.3, -0.25) is 0 Å². The first-order chi connectivity index (χ1) is 6.63. The summed E-state index contributed by atoms with van der Waals surface area (Å²) in [6, 6.07) is 0.